The van der Waals surface area contributed by atoms with E-state index in [1.165, 1.54) is 0 Å². The Balaban J connectivity index is 1.65. The summed E-state index contributed by atoms with van der Waals surface area (Å²) in [7, 11) is 0. The highest BCUT2D eigenvalue weighted by Gasteiger charge is 2.40. The van der Waals surface area contributed by atoms with Gasteiger partial charge in [0.1, 0.15) is 0 Å². The zero-order chi connectivity index (χ0) is 14.1. The standard InChI is InChI=1S/C14H19NO5/c16-6-9-4-10(13(18)12(9)17)15-5-8-2-1-3-11-14(8)20-7-19-11/h1-3,9-10,12-13,15-18H,4-7H2/t9-,10-,12-,13+/m1/s1. The minimum absolute atomic E-state index is 0.117. The van der Waals surface area contributed by atoms with Gasteiger partial charge < -0.3 is 30.1 Å². The van der Waals surface area contributed by atoms with Crippen LogP contribution in [0.1, 0.15) is 12.0 Å². The molecule has 0 bridgehead atoms. The lowest BCUT2D eigenvalue weighted by molar-refractivity contribution is -0.000351. The summed E-state index contributed by atoms with van der Waals surface area (Å²) in [5, 5.41) is 32.1. The molecule has 1 saturated carbocycles. The molecule has 0 saturated heterocycles. The third kappa shape index (κ3) is 2.35. The van der Waals surface area contributed by atoms with Crippen LogP contribution >= 0.6 is 0 Å². The van der Waals surface area contributed by atoms with Crippen molar-refractivity contribution in [2.24, 2.45) is 5.92 Å². The minimum atomic E-state index is -0.876. The Morgan fingerprint density at radius 2 is 2.05 bits per heavy atom. The first-order valence-electron chi connectivity index (χ1n) is 6.78. The fourth-order valence-corrected chi connectivity index (χ4v) is 2.88. The first-order valence-corrected chi connectivity index (χ1v) is 6.78. The molecule has 0 amide bonds. The number of ether oxygens (including phenoxy) is 2. The average Bonchev–Trinajstić information content (AvgIpc) is 3.04. The van der Waals surface area contributed by atoms with Gasteiger partial charge in [0.2, 0.25) is 6.79 Å². The van der Waals surface area contributed by atoms with E-state index in [4.69, 9.17) is 14.6 Å². The molecule has 6 heteroatoms. The molecule has 1 aromatic rings. The Bertz CT molecular complexity index is 481. The van der Waals surface area contributed by atoms with Crippen LogP contribution in [0.5, 0.6) is 11.5 Å². The van der Waals surface area contributed by atoms with Crippen molar-refractivity contribution in [3.05, 3.63) is 23.8 Å². The summed E-state index contributed by atoms with van der Waals surface area (Å²) < 4.78 is 10.7. The Morgan fingerprint density at radius 3 is 2.80 bits per heavy atom. The molecule has 0 radical (unpaired) electrons. The number of rotatable bonds is 4. The van der Waals surface area contributed by atoms with Crippen molar-refractivity contribution in [2.45, 2.75) is 31.2 Å². The minimum Gasteiger partial charge on any atom is -0.454 e. The Morgan fingerprint density at radius 1 is 1.20 bits per heavy atom. The lowest BCUT2D eigenvalue weighted by Crippen LogP contribution is -2.39. The van der Waals surface area contributed by atoms with E-state index in [9.17, 15) is 10.2 Å². The number of aliphatic hydroxyl groups excluding tert-OH is 3. The van der Waals surface area contributed by atoms with Crippen LogP contribution in [-0.4, -0.2) is 47.0 Å². The second kappa shape index (κ2) is 5.57. The zero-order valence-corrected chi connectivity index (χ0v) is 11.0. The maximum atomic E-state index is 9.95. The maximum Gasteiger partial charge on any atom is 0.231 e. The van der Waals surface area contributed by atoms with E-state index in [0.29, 0.717) is 13.0 Å². The number of hydrogen-bond acceptors (Lipinski definition) is 6. The molecule has 2 aliphatic rings. The Hall–Kier alpha value is -1.34. The van der Waals surface area contributed by atoms with Gasteiger partial charge >= 0.3 is 0 Å². The molecule has 0 spiro atoms. The van der Waals surface area contributed by atoms with E-state index < -0.39 is 12.2 Å². The van der Waals surface area contributed by atoms with Crippen LogP contribution in [-0.2, 0) is 6.54 Å². The fraction of sp³-hybridized carbons (Fsp3) is 0.571. The second-order valence-corrected chi connectivity index (χ2v) is 5.30. The van der Waals surface area contributed by atoms with E-state index in [1.807, 2.05) is 18.2 Å². The van der Waals surface area contributed by atoms with Gasteiger partial charge in [-0.15, -0.1) is 0 Å². The van der Waals surface area contributed by atoms with Crippen molar-refractivity contribution in [2.75, 3.05) is 13.4 Å². The van der Waals surface area contributed by atoms with E-state index in [-0.39, 0.29) is 25.4 Å². The normalized spacial score (nSPS) is 31.8. The molecule has 0 unspecified atom stereocenters. The number of fused-ring (bicyclic) bond motifs is 1. The summed E-state index contributed by atoms with van der Waals surface area (Å²) in [5.41, 5.74) is 0.953. The highest BCUT2D eigenvalue weighted by Crippen LogP contribution is 2.35. The van der Waals surface area contributed by atoms with E-state index in [1.54, 1.807) is 0 Å². The van der Waals surface area contributed by atoms with E-state index in [2.05, 4.69) is 5.32 Å². The summed E-state index contributed by atoms with van der Waals surface area (Å²) in [5.74, 6) is 1.18. The molecule has 4 N–H and O–H groups in total. The van der Waals surface area contributed by atoms with Crippen molar-refractivity contribution >= 4 is 0 Å². The largest absolute Gasteiger partial charge is 0.454 e. The van der Waals surface area contributed by atoms with E-state index >= 15 is 0 Å². The van der Waals surface area contributed by atoms with Gasteiger partial charge in [-0.2, -0.15) is 0 Å². The Labute approximate surface area is 116 Å². The van der Waals surface area contributed by atoms with Gasteiger partial charge in [-0.05, 0) is 12.5 Å². The third-order valence-corrected chi connectivity index (χ3v) is 4.07. The summed E-state index contributed by atoms with van der Waals surface area (Å²) >= 11 is 0. The van der Waals surface area contributed by atoms with Crippen molar-refractivity contribution in [1.29, 1.82) is 0 Å². The first-order chi connectivity index (χ1) is 9.70. The van der Waals surface area contributed by atoms with Crippen LogP contribution in [0.3, 0.4) is 0 Å². The lowest BCUT2D eigenvalue weighted by atomic mass is 10.1. The molecular weight excluding hydrogens is 262 g/mol. The van der Waals surface area contributed by atoms with Gasteiger partial charge in [-0.25, -0.2) is 0 Å². The molecule has 1 fully saturated rings. The zero-order valence-electron chi connectivity index (χ0n) is 11.0. The van der Waals surface area contributed by atoms with Crippen molar-refractivity contribution < 1.29 is 24.8 Å². The monoisotopic (exact) mass is 281 g/mol. The van der Waals surface area contributed by atoms with Crippen molar-refractivity contribution in [3.63, 3.8) is 0 Å². The predicted octanol–water partition coefficient (Wildman–Crippen LogP) is -0.393. The quantitative estimate of drug-likeness (QED) is 0.601. The smallest absolute Gasteiger partial charge is 0.231 e. The molecule has 1 aliphatic carbocycles. The van der Waals surface area contributed by atoms with Gasteiger partial charge in [0.25, 0.3) is 0 Å². The third-order valence-electron chi connectivity index (χ3n) is 4.07. The van der Waals surface area contributed by atoms with Crippen LogP contribution in [0.2, 0.25) is 0 Å². The van der Waals surface area contributed by atoms with Crippen LogP contribution < -0.4 is 14.8 Å². The molecule has 20 heavy (non-hydrogen) atoms. The SMILES string of the molecule is OC[C@H]1C[C@@H](NCc2cccc3c2OCO3)[C@H](O)[C@@H]1O. The van der Waals surface area contributed by atoms with Gasteiger partial charge in [0, 0.05) is 30.7 Å². The molecule has 6 nitrogen and oxygen atoms in total. The molecule has 0 aromatic heterocycles. The second-order valence-electron chi connectivity index (χ2n) is 5.30. The number of benzene rings is 1. The molecule has 1 aromatic carbocycles. The highest BCUT2D eigenvalue weighted by atomic mass is 16.7. The molecule has 1 heterocycles. The number of nitrogens with one attached hydrogen (secondary N) is 1. The van der Waals surface area contributed by atoms with Gasteiger partial charge in [0.15, 0.2) is 11.5 Å². The maximum absolute atomic E-state index is 9.95. The molecule has 4 atom stereocenters. The first kappa shape index (κ1) is 13.6. The lowest BCUT2D eigenvalue weighted by Gasteiger charge is -2.18. The number of hydrogen-bond donors (Lipinski definition) is 4. The molecule has 110 valence electrons. The van der Waals surface area contributed by atoms with Crippen LogP contribution in [0, 0.1) is 5.92 Å². The van der Waals surface area contributed by atoms with Crippen LogP contribution in [0.25, 0.3) is 0 Å². The number of para-hydroxylation sites is 1. The summed E-state index contributed by atoms with van der Waals surface area (Å²) in [4.78, 5) is 0. The van der Waals surface area contributed by atoms with E-state index in [0.717, 1.165) is 17.1 Å². The average molecular weight is 281 g/mol. The summed E-state index contributed by atoms with van der Waals surface area (Å²) in [6.45, 7) is 0.622. The van der Waals surface area contributed by atoms with Crippen molar-refractivity contribution in [1.82, 2.24) is 5.32 Å². The number of aliphatic hydroxyl groups is 3. The van der Waals surface area contributed by atoms with Gasteiger partial charge in [0.05, 0.1) is 12.2 Å². The van der Waals surface area contributed by atoms with Crippen molar-refractivity contribution in [3.8, 4) is 11.5 Å². The van der Waals surface area contributed by atoms with Crippen LogP contribution in [0.15, 0.2) is 18.2 Å². The predicted molar refractivity (Wildman–Crippen MR) is 70.4 cm³/mol. The summed E-state index contributed by atoms with van der Waals surface area (Å²) in [6, 6.07) is 5.44. The van der Waals surface area contributed by atoms with Gasteiger partial charge in [-0.3, -0.25) is 0 Å². The molecule has 1 aliphatic heterocycles. The molecule has 3 rings (SSSR count). The molecular formula is C14H19NO5. The topological polar surface area (TPSA) is 91.2 Å². The summed E-state index contributed by atoms with van der Waals surface area (Å²) in [6.07, 6.45) is -1.19. The Kier molecular flexibility index (Phi) is 3.80. The highest BCUT2D eigenvalue weighted by molar-refractivity contribution is 5.48. The fourth-order valence-electron chi connectivity index (χ4n) is 2.88. The van der Waals surface area contributed by atoms with Gasteiger partial charge in [-0.1, -0.05) is 12.1 Å². The van der Waals surface area contributed by atoms with Crippen LogP contribution in [0.4, 0.5) is 0 Å².